The Morgan fingerprint density at radius 2 is 2.14 bits per heavy atom. The largest absolute Gasteiger partial charge is 0.508 e. The summed E-state index contributed by atoms with van der Waals surface area (Å²) in [5, 5.41) is 9.52. The molecule has 1 atom stereocenters. The summed E-state index contributed by atoms with van der Waals surface area (Å²) >= 11 is 0. The lowest BCUT2D eigenvalue weighted by Crippen LogP contribution is -2.43. The van der Waals surface area contributed by atoms with E-state index in [1.807, 2.05) is 6.07 Å². The third-order valence-electron chi connectivity index (χ3n) is 6.07. The average Bonchev–Trinajstić information content (AvgIpc) is 3.06. The third-order valence-corrected chi connectivity index (χ3v) is 6.07. The van der Waals surface area contributed by atoms with Crippen molar-refractivity contribution in [1.82, 2.24) is 9.55 Å². The molecule has 0 saturated carbocycles. The molecule has 152 valence electrons. The fourth-order valence-corrected chi connectivity index (χ4v) is 4.40. The van der Waals surface area contributed by atoms with Gasteiger partial charge >= 0.3 is 0 Å². The molecule has 2 aliphatic heterocycles. The number of anilines is 1. The van der Waals surface area contributed by atoms with Crippen molar-refractivity contribution in [2.75, 3.05) is 24.6 Å². The van der Waals surface area contributed by atoms with Crippen molar-refractivity contribution in [3.8, 4) is 17.6 Å². The molecule has 29 heavy (non-hydrogen) atoms. The van der Waals surface area contributed by atoms with Crippen molar-refractivity contribution >= 4 is 5.95 Å². The summed E-state index contributed by atoms with van der Waals surface area (Å²) in [5.41, 5.74) is 1.47. The molecule has 0 radical (unpaired) electrons. The summed E-state index contributed by atoms with van der Waals surface area (Å²) in [6.07, 6.45) is 5.66. The molecule has 2 aliphatic rings. The molecule has 6 heteroatoms. The Kier molecular flexibility index (Phi) is 5.33. The zero-order valence-electron chi connectivity index (χ0n) is 17.0. The maximum absolute atomic E-state index is 12.8. The fourth-order valence-electron chi connectivity index (χ4n) is 4.40. The molecule has 3 heterocycles. The van der Waals surface area contributed by atoms with Gasteiger partial charge in [-0.2, -0.15) is 0 Å². The minimum absolute atomic E-state index is 0.128. The van der Waals surface area contributed by atoms with E-state index in [-0.39, 0.29) is 11.3 Å². The van der Waals surface area contributed by atoms with E-state index < -0.39 is 0 Å². The van der Waals surface area contributed by atoms with Gasteiger partial charge in [0.15, 0.2) is 0 Å². The number of ether oxygens (including phenoxy) is 1. The summed E-state index contributed by atoms with van der Waals surface area (Å²) in [6, 6.07) is 6.97. The van der Waals surface area contributed by atoms with Crippen LogP contribution in [0.3, 0.4) is 0 Å². The van der Waals surface area contributed by atoms with Gasteiger partial charge in [-0.3, -0.25) is 9.36 Å². The third kappa shape index (κ3) is 4.15. The molecule has 1 aromatic heterocycles. The molecule has 1 N–H and O–H groups in total. The van der Waals surface area contributed by atoms with Crippen molar-refractivity contribution in [2.24, 2.45) is 12.5 Å². The first kappa shape index (κ1) is 19.5. The van der Waals surface area contributed by atoms with Crippen LogP contribution < -0.4 is 10.5 Å². The van der Waals surface area contributed by atoms with Crippen LogP contribution in [-0.4, -0.2) is 40.5 Å². The number of phenols is 1. The number of rotatable bonds is 2. The Morgan fingerprint density at radius 1 is 1.34 bits per heavy atom. The van der Waals surface area contributed by atoms with E-state index >= 15 is 0 Å². The molecular formula is C23H27N3O3. The van der Waals surface area contributed by atoms with Crippen molar-refractivity contribution in [3.05, 3.63) is 51.9 Å². The van der Waals surface area contributed by atoms with Gasteiger partial charge in [-0.1, -0.05) is 24.0 Å². The van der Waals surface area contributed by atoms with Gasteiger partial charge in [-0.25, -0.2) is 4.98 Å². The van der Waals surface area contributed by atoms with Crippen LogP contribution in [0.1, 0.15) is 37.3 Å². The Hall–Kier alpha value is -2.78. The van der Waals surface area contributed by atoms with E-state index in [4.69, 9.17) is 4.74 Å². The zero-order chi connectivity index (χ0) is 20.4. The van der Waals surface area contributed by atoms with E-state index in [1.54, 1.807) is 36.0 Å². The van der Waals surface area contributed by atoms with Crippen molar-refractivity contribution in [1.29, 1.82) is 0 Å². The van der Waals surface area contributed by atoms with E-state index in [9.17, 15) is 9.90 Å². The van der Waals surface area contributed by atoms with Crippen LogP contribution in [0.25, 0.3) is 0 Å². The molecule has 2 aromatic rings. The van der Waals surface area contributed by atoms with Crippen LogP contribution in [0, 0.1) is 17.3 Å². The normalized spacial score (nSPS) is 20.5. The van der Waals surface area contributed by atoms with Crippen molar-refractivity contribution < 1.29 is 9.84 Å². The van der Waals surface area contributed by atoms with E-state index in [0.717, 1.165) is 44.5 Å². The lowest BCUT2D eigenvalue weighted by atomic mass is 9.77. The first-order valence-electron chi connectivity index (χ1n) is 10.2. The first-order valence-corrected chi connectivity index (χ1v) is 10.2. The molecule has 2 fully saturated rings. The molecule has 0 aliphatic carbocycles. The Morgan fingerprint density at radius 3 is 2.83 bits per heavy atom. The summed E-state index contributed by atoms with van der Waals surface area (Å²) in [7, 11) is 1.76. The Bertz CT molecular complexity index is 1010. The molecular weight excluding hydrogens is 366 g/mol. The van der Waals surface area contributed by atoms with Crippen LogP contribution in [-0.2, 0) is 18.2 Å². The van der Waals surface area contributed by atoms with Gasteiger partial charge in [0.1, 0.15) is 11.3 Å². The molecule has 1 aromatic carbocycles. The highest BCUT2D eigenvalue weighted by Gasteiger charge is 2.41. The second-order valence-corrected chi connectivity index (χ2v) is 8.30. The molecule has 0 amide bonds. The number of piperidine rings is 1. The number of aromatic nitrogens is 2. The second kappa shape index (κ2) is 7.92. The quantitative estimate of drug-likeness (QED) is 0.794. The zero-order valence-corrected chi connectivity index (χ0v) is 17.0. The van der Waals surface area contributed by atoms with Crippen molar-refractivity contribution in [3.63, 3.8) is 0 Å². The maximum Gasteiger partial charge on any atom is 0.270 e. The fraction of sp³-hybridized carbons (Fsp3) is 0.478. The molecule has 6 nitrogen and oxygen atoms in total. The summed E-state index contributed by atoms with van der Waals surface area (Å²) < 4.78 is 7.40. The van der Waals surface area contributed by atoms with Gasteiger partial charge in [0.25, 0.3) is 5.56 Å². The first-order chi connectivity index (χ1) is 14.0. The van der Waals surface area contributed by atoms with Gasteiger partial charge in [0.05, 0.1) is 18.9 Å². The number of phenolic OH excluding ortho intramolecular Hbond substituents is 1. The van der Waals surface area contributed by atoms with Crippen LogP contribution in [0.2, 0.25) is 0 Å². The van der Waals surface area contributed by atoms with Crippen molar-refractivity contribution in [2.45, 2.75) is 38.7 Å². The number of benzene rings is 1. The summed E-state index contributed by atoms with van der Waals surface area (Å²) in [6.45, 7) is 4.77. The molecule has 0 bridgehead atoms. The highest BCUT2D eigenvalue weighted by atomic mass is 16.5. The highest BCUT2D eigenvalue weighted by Crippen LogP contribution is 2.42. The van der Waals surface area contributed by atoms with E-state index in [1.165, 1.54) is 0 Å². The van der Waals surface area contributed by atoms with Crippen LogP contribution in [0.4, 0.5) is 5.95 Å². The highest BCUT2D eigenvalue weighted by molar-refractivity contribution is 5.39. The molecule has 1 spiro atoms. The summed E-state index contributed by atoms with van der Waals surface area (Å²) in [5.74, 6) is 6.86. The maximum atomic E-state index is 12.8. The SMILES string of the molecule is C[C@H]1CC2(CCN(c3ncc(C#CCc4cccc(O)c4)c(=O)n3C)CC2)CO1. The van der Waals surface area contributed by atoms with Gasteiger partial charge in [0.2, 0.25) is 5.95 Å². The standard InChI is InChI=1S/C23H27N3O3/c1-17-14-23(16-29-17)9-11-26(12-10-23)22-24-15-19(21(28)25(22)2)7-3-5-18-6-4-8-20(27)13-18/h4,6,8,13,15,17,27H,5,9-12,14,16H2,1-2H3/t17-/m0/s1. The smallest absolute Gasteiger partial charge is 0.270 e. The molecule has 0 unspecified atom stereocenters. The lowest BCUT2D eigenvalue weighted by Gasteiger charge is -2.39. The summed E-state index contributed by atoms with van der Waals surface area (Å²) in [4.78, 5) is 19.5. The number of hydrogen-bond donors (Lipinski definition) is 1. The minimum atomic E-state index is -0.128. The Labute approximate surface area is 171 Å². The van der Waals surface area contributed by atoms with Gasteiger partial charge in [-0.05, 0) is 49.3 Å². The van der Waals surface area contributed by atoms with E-state index in [0.29, 0.717) is 29.5 Å². The number of nitrogens with zero attached hydrogens (tertiary/aromatic N) is 3. The minimum Gasteiger partial charge on any atom is -0.508 e. The molecule has 2 saturated heterocycles. The number of aromatic hydroxyl groups is 1. The van der Waals surface area contributed by atoms with Crippen LogP contribution in [0.15, 0.2) is 35.3 Å². The number of hydrogen-bond acceptors (Lipinski definition) is 5. The lowest BCUT2D eigenvalue weighted by molar-refractivity contribution is 0.0974. The topological polar surface area (TPSA) is 67.6 Å². The predicted octanol–water partition coefficient (Wildman–Crippen LogP) is 2.48. The average molecular weight is 393 g/mol. The van der Waals surface area contributed by atoms with Crippen LogP contribution >= 0.6 is 0 Å². The monoisotopic (exact) mass is 393 g/mol. The van der Waals surface area contributed by atoms with E-state index in [2.05, 4.69) is 28.6 Å². The predicted molar refractivity (Wildman–Crippen MR) is 112 cm³/mol. The second-order valence-electron chi connectivity index (χ2n) is 8.30. The Balaban J connectivity index is 1.46. The molecule has 4 rings (SSSR count). The van der Waals surface area contributed by atoms with Crippen LogP contribution in [0.5, 0.6) is 5.75 Å². The van der Waals surface area contributed by atoms with Gasteiger partial charge < -0.3 is 14.7 Å². The van der Waals surface area contributed by atoms with Gasteiger partial charge in [0, 0.05) is 26.6 Å². The van der Waals surface area contributed by atoms with Gasteiger partial charge in [-0.15, -0.1) is 0 Å².